The van der Waals surface area contributed by atoms with Crippen LogP contribution in [-0.2, 0) is 0 Å². The van der Waals surface area contributed by atoms with Gasteiger partial charge in [-0.2, -0.15) is 30.7 Å². The highest BCUT2D eigenvalue weighted by Gasteiger charge is 2.87. The Bertz CT molecular complexity index is 297. The zero-order valence-electron chi connectivity index (χ0n) is 8.25. The van der Waals surface area contributed by atoms with Crippen LogP contribution in [0.1, 0.15) is 13.8 Å². The molecule has 0 spiro atoms. The second-order valence-electron chi connectivity index (χ2n) is 4.04. The van der Waals surface area contributed by atoms with Crippen LogP contribution in [0.3, 0.4) is 0 Å². The molecule has 16 heavy (non-hydrogen) atoms. The fraction of sp³-hybridized carbons (Fsp3) is 1.00. The van der Waals surface area contributed by atoms with Crippen LogP contribution >= 0.6 is 0 Å². The van der Waals surface area contributed by atoms with Gasteiger partial charge in [0.1, 0.15) is 0 Å². The molecule has 1 saturated carbocycles. The Morgan fingerprint density at radius 3 is 1.44 bits per heavy atom. The van der Waals surface area contributed by atoms with E-state index in [0.717, 1.165) is 0 Å². The molecule has 0 aromatic rings. The van der Waals surface area contributed by atoms with Crippen molar-refractivity contribution in [2.75, 3.05) is 0 Å². The molecular formula is C8H9F7O. The summed E-state index contributed by atoms with van der Waals surface area (Å²) in [4.78, 5) is 0. The fourth-order valence-electron chi connectivity index (χ4n) is 1.94. The van der Waals surface area contributed by atoms with Crippen molar-refractivity contribution in [3.05, 3.63) is 0 Å². The Kier molecular flexibility index (Phi) is 2.56. The van der Waals surface area contributed by atoms with Crippen molar-refractivity contribution in [3.8, 4) is 0 Å². The molecule has 96 valence electrons. The summed E-state index contributed by atoms with van der Waals surface area (Å²) in [7, 11) is 0. The first kappa shape index (κ1) is 13.5. The smallest absolute Gasteiger partial charge is 0.375 e. The van der Waals surface area contributed by atoms with Gasteiger partial charge in [0.25, 0.3) is 0 Å². The highest BCUT2D eigenvalue weighted by Crippen LogP contribution is 2.63. The average Bonchev–Trinajstić information content (AvgIpc) is 2.18. The molecule has 0 saturated heterocycles. The van der Waals surface area contributed by atoms with Gasteiger partial charge in [-0.1, -0.05) is 13.8 Å². The third-order valence-corrected chi connectivity index (χ3v) is 3.31. The van der Waals surface area contributed by atoms with E-state index in [-0.39, 0.29) is 0 Å². The van der Waals surface area contributed by atoms with Crippen molar-refractivity contribution in [1.82, 2.24) is 0 Å². The maximum atomic E-state index is 13.0. The summed E-state index contributed by atoms with van der Waals surface area (Å²) in [6.45, 7) is 1.09. The number of hydrogen-bond acceptors (Lipinski definition) is 1. The zero-order valence-corrected chi connectivity index (χ0v) is 8.25. The minimum Gasteiger partial charge on any atom is -0.375 e. The minimum absolute atomic E-state index is 0.535. The van der Waals surface area contributed by atoms with Gasteiger partial charge in [0, 0.05) is 11.8 Å². The van der Waals surface area contributed by atoms with E-state index in [1.165, 1.54) is 0 Å². The molecule has 0 aromatic carbocycles. The van der Waals surface area contributed by atoms with Crippen LogP contribution in [0.2, 0.25) is 0 Å². The van der Waals surface area contributed by atoms with Gasteiger partial charge in [-0.3, -0.25) is 0 Å². The van der Waals surface area contributed by atoms with Crippen molar-refractivity contribution in [2.45, 2.75) is 37.5 Å². The van der Waals surface area contributed by atoms with E-state index in [0.29, 0.717) is 13.8 Å². The lowest BCUT2D eigenvalue weighted by Gasteiger charge is -2.35. The highest BCUT2D eigenvalue weighted by molar-refractivity contribution is 5.18. The van der Waals surface area contributed by atoms with Crippen LogP contribution in [-0.4, -0.2) is 28.7 Å². The largest absolute Gasteiger partial charge is 0.423 e. The van der Waals surface area contributed by atoms with E-state index in [2.05, 4.69) is 0 Å². The molecule has 0 radical (unpaired) electrons. The summed E-state index contributed by atoms with van der Waals surface area (Å²) in [6.07, 6.45) is -5.82. The van der Waals surface area contributed by atoms with Crippen molar-refractivity contribution in [3.63, 3.8) is 0 Å². The van der Waals surface area contributed by atoms with Crippen LogP contribution in [0.4, 0.5) is 30.7 Å². The SMILES string of the molecule is CC1C(C)C(O)(C(F)(F)F)C(F)(F)C1(F)F. The molecule has 0 aliphatic heterocycles. The Morgan fingerprint density at radius 1 is 0.938 bits per heavy atom. The van der Waals surface area contributed by atoms with Crippen molar-refractivity contribution < 1.29 is 35.8 Å². The molecule has 8 heteroatoms. The first-order valence-corrected chi connectivity index (χ1v) is 4.36. The minimum atomic E-state index is -5.82. The molecule has 1 aliphatic rings. The van der Waals surface area contributed by atoms with Gasteiger partial charge in [0.2, 0.25) is 5.60 Å². The third-order valence-electron chi connectivity index (χ3n) is 3.31. The van der Waals surface area contributed by atoms with Gasteiger partial charge in [-0.05, 0) is 0 Å². The Hall–Kier alpha value is -0.530. The third kappa shape index (κ3) is 1.16. The highest BCUT2D eigenvalue weighted by atomic mass is 19.4. The Morgan fingerprint density at radius 2 is 1.31 bits per heavy atom. The molecule has 0 heterocycles. The maximum absolute atomic E-state index is 13.0. The molecular weight excluding hydrogens is 245 g/mol. The van der Waals surface area contributed by atoms with Gasteiger partial charge < -0.3 is 5.11 Å². The number of halogens is 7. The zero-order chi connectivity index (χ0) is 13.2. The summed E-state index contributed by atoms with van der Waals surface area (Å²) in [5.74, 6) is -15.0. The predicted octanol–water partition coefficient (Wildman–Crippen LogP) is 2.84. The van der Waals surface area contributed by atoms with E-state index in [1.54, 1.807) is 0 Å². The molecule has 3 unspecified atom stereocenters. The second kappa shape index (κ2) is 3.02. The Balaban J connectivity index is 3.43. The van der Waals surface area contributed by atoms with Crippen molar-refractivity contribution in [2.24, 2.45) is 11.8 Å². The first-order chi connectivity index (χ1) is 6.82. The lowest BCUT2D eigenvalue weighted by Crippen LogP contribution is -2.62. The van der Waals surface area contributed by atoms with Crippen LogP contribution in [0.15, 0.2) is 0 Å². The molecule has 0 bridgehead atoms. The molecule has 1 aliphatic carbocycles. The van der Waals surface area contributed by atoms with Gasteiger partial charge in [0.05, 0.1) is 0 Å². The van der Waals surface area contributed by atoms with Crippen molar-refractivity contribution >= 4 is 0 Å². The number of alkyl halides is 7. The molecule has 1 nitrogen and oxygen atoms in total. The quantitative estimate of drug-likeness (QED) is 0.659. The van der Waals surface area contributed by atoms with Crippen molar-refractivity contribution in [1.29, 1.82) is 0 Å². The van der Waals surface area contributed by atoms with E-state index in [4.69, 9.17) is 5.11 Å². The van der Waals surface area contributed by atoms with Gasteiger partial charge in [-0.15, -0.1) is 0 Å². The first-order valence-electron chi connectivity index (χ1n) is 4.36. The summed E-state index contributed by atoms with van der Waals surface area (Å²) in [6, 6.07) is 0. The summed E-state index contributed by atoms with van der Waals surface area (Å²) in [5.41, 5.74) is -4.69. The molecule has 0 amide bonds. The summed E-state index contributed by atoms with van der Waals surface area (Å²) < 4.78 is 89.1. The normalized spacial score (nSPS) is 42.4. The number of hydrogen-bond donors (Lipinski definition) is 1. The van der Waals surface area contributed by atoms with E-state index >= 15 is 0 Å². The van der Waals surface area contributed by atoms with Gasteiger partial charge in [-0.25, -0.2) is 0 Å². The second-order valence-corrected chi connectivity index (χ2v) is 4.04. The monoisotopic (exact) mass is 254 g/mol. The molecule has 1 fully saturated rings. The average molecular weight is 254 g/mol. The predicted molar refractivity (Wildman–Crippen MR) is 39.2 cm³/mol. The maximum Gasteiger partial charge on any atom is 0.423 e. The topological polar surface area (TPSA) is 20.2 Å². The van der Waals surface area contributed by atoms with E-state index < -0.39 is 35.5 Å². The van der Waals surface area contributed by atoms with Gasteiger partial charge in [0.15, 0.2) is 0 Å². The van der Waals surface area contributed by atoms with E-state index in [1.807, 2.05) is 0 Å². The lowest BCUT2D eigenvalue weighted by molar-refractivity contribution is -0.358. The van der Waals surface area contributed by atoms with Gasteiger partial charge >= 0.3 is 18.0 Å². The number of rotatable bonds is 0. The van der Waals surface area contributed by atoms with Crippen LogP contribution < -0.4 is 0 Å². The standard InChI is InChI=1S/C8H9F7O/c1-3-4(2)6(9,10)7(11,12)5(3,16)8(13,14)15/h3-4,16H,1-2H3. The van der Waals surface area contributed by atoms with Crippen LogP contribution in [0, 0.1) is 11.8 Å². The lowest BCUT2D eigenvalue weighted by atomic mass is 9.86. The fourth-order valence-corrected chi connectivity index (χ4v) is 1.94. The summed E-state index contributed by atoms with van der Waals surface area (Å²) >= 11 is 0. The molecule has 1 rings (SSSR count). The van der Waals surface area contributed by atoms with Crippen LogP contribution in [0.5, 0.6) is 0 Å². The van der Waals surface area contributed by atoms with Crippen LogP contribution in [0.25, 0.3) is 0 Å². The Labute approximate surface area is 86.2 Å². The molecule has 3 atom stereocenters. The van der Waals surface area contributed by atoms with E-state index in [9.17, 15) is 30.7 Å². The molecule has 1 N–H and O–H groups in total. The molecule has 0 aromatic heterocycles. The summed E-state index contributed by atoms with van der Waals surface area (Å²) in [5, 5.41) is 8.98. The number of aliphatic hydroxyl groups is 1.